The van der Waals surface area contributed by atoms with Crippen molar-refractivity contribution in [1.29, 1.82) is 0 Å². The van der Waals surface area contributed by atoms with Crippen LogP contribution >= 0.6 is 11.3 Å². The summed E-state index contributed by atoms with van der Waals surface area (Å²) in [6.07, 6.45) is 0. The van der Waals surface area contributed by atoms with Crippen molar-refractivity contribution in [3.8, 4) is 0 Å². The van der Waals surface area contributed by atoms with Crippen LogP contribution in [-0.4, -0.2) is 80.3 Å². The number of nitrogen functional groups attached to an aromatic ring is 1. The molecule has 2 amide bonds. The highest BCUT2D eigenvalue weighted by Gasteiger charge is 2.54. The number of β-lactam (4-membered cyclic amide) rings is 1. The Hall–Kier alpha value is -2.82. The molecular formula is C13H17N5O9S2. The van der Waals surface area contributed by atoms with Gasteiger partial charge in [-0.05, 0) is 13.8 Å². The highest BCUT2D eigenvalue weighted by molar-refractivity contribution is 7.84. The maximum absolute atomic E-state index is 12.6. The van der Waals surface area contributed by atoms with Crippen LogP contribution in [0.15, 0.2) is 10.5 Å². The predicted molar refractivity (Wildman–Crippen MR) is 97.1 cm³/mol. The lowest BCUT2D eigenvalue weighted by molar-refractivity contribution is -0.161. The molecule has 1 saturated heterocycles. The first kappa shape index (κ1) is 22.5. The summed E-state index contributed by atoms with van der Waals surface area (Å²) in [6.45, 7) is 1.46. The van der Waals surface area contributed by atoms with Crippen molar-refractivity contribution in [3.63, 3.8) is 0 Å². The number of rotatable bonds is 8. The van der Waals surface area contributed by atoms with Crippen molar-refractivity contribution in [1.82, 2.24) is 14.6 Å². The summed E-state index contributed by atoms with van der Waals surface area (Å²) < 4.78 is 31.4. The number of aliphatic hydroxyl groups is 1. The molecular weight excluding hydrogens is 434 g/mol. The number of nitrogens with one attached hydrogen (secondary N) is 1. The molecule has 1 aliphatic heterocycles. The number of carboxylic acid groups (broad SMARTS) is 1. The number of aliphatic hydroxyl groups excluding tert-OH is 1. The van der Waals surface area contributed by atoms with E-state index < -0.39 is 58.1 Å². The zero-order valence-corrected chi connectivity index (χ0v) is 16.6. The van der Waals surface area contributed by atoms with Gasteiger partial charge in [-0.25, -0.2) is 14.1 Å². The molecule has 0 saturated carbocycles. The molecule has 2 atom stereocenters. The summed E-state index contributed by atoms with van der Waals surface area (Å²) in [5.74, 6) is -3.65. The molecule has 16 heteroatoms. The molecule has 0 bridgehead atoms. The van der Waals surface area contributed by atoms with Gasteiger partial charge in [-0.2, -0.15) is 8.42 Å². The number of oxime groups is 1. The van der Waals surface area contributed by atoms with Crippen LogP contribution in [0.1, 0.15) is 19.5 Å². The molecule has 160 valence electrons. The second-order valence-electron chi connectivity index (χ2n) is 6.23. The summed E-state index contributed by atoms with van der Waals surface area (Å²) in [6, 6.07) is -2.94. The fourth-order valence-electron chi connectivity index (χ4n) is 2.15. The first-order valence-corrected chi connectivity index (χ1v) is 10.0. The number of carbonyl (C=O) groups excluding carboxylic acids is 2. The minimum atomic E-state index is -4.93. The van der Waals surface area contributed by atoms with Gasteiger partial charge in [0.25, 0.3) is 11.8 Å². The average Bonchev–Trinajstić information content (AvgIpc) is 3.01. The monoisotopic (exact) mass is 451 g/mol. The topological polar surface area (TPSA) is 222 Å². The van der Waals surface area contributed by atoms with E-state index in [1.54, 1.807) is 0 Å². The Bertz CT molecular complexity index is 971. The van der Waals surface area contributed by atoms with Gasteiger partial charge in [-0.3, -0.25) is 14.1 Å². The molecule has 1 fully saturated rings. The zero-order chi connectivity index (χ0) is 22.1. The van der Waals surface area contributed by atoms with Gasteiger partial charge in [-0.1, -0.05) is 5.16 Å². The number of hydrogen-bond donors (Lipinski definition) is 5. The van der Waals surface area contributed by atoms with E-state index >= 15 is 0 Å². The van der Waals surface area contributed by atoms with Crippen molar-refractivity contribution < 1.29 is 42.4 Å². The normalized spacial score (nSPS) is 20.2. The van der Waals surface area contributed by atoms with Crippen LogP contribution in [0.4, 0.5) is 5.13 Å². The second kappa shape index (κ2) is 7.90. The number of carboxylic acids is 1. The van der Waals surface area contributed by atoms with Crippen molar-refractivity contribution in [3.05, 3.63) is 11.1 Å². The van der Waals surface area contributed by atoms with Crippen molar-refractivity contribution in [2.45, 2.75) is 31.5 Å². The van der Waals surface area contributed by atoms with Crippen LogP contribution in [-0.2, 0) is 29.5 Å². The van der Waals surface area contributed by atoms with E-state index in [0.717, 1.165) is 11.3 Å². The maximum atomic E-state index is 12.6. The van der Waals surface area contributed by atoms with E-state index in [0.29, 0.717) is 0 Å². The van der Waals surface area contributed by atoms with Gasteiger partial charge in [0, 0.05) is 5.38 Å². The highest BCUT2D eigenvalue weighted by Crippen LogP contribution is 2.23. The Morgan fingerprint density at radius 1 is 1.48 bits per heavy atom. The van der Waals surface area contributed by atoms with Crippen LogP contribution in [0.2, 0.25) is 0 Å². The molecule has 0 aromatic carbocycles. The molecule has 1 aromatic heterocycles. The Balaban J connectivity index is 2.29. The highest BCUT2D eigenvalue weighted by atomic mass is 32.2. The Morgan fingerprint density at radius 3 is 2.55 bits per heavy atom. The van der Waals surface area contributed by atoms with Gasteiger partial charge in [-0.15, -0.1) is 11.3 Å². The van der Waals surface area contributed by atoms with E-state index in [4.69, 9.17) is 20.2 Å². The summed E-state index contributed by atoms with van der Waals surface area (Å²) in [4.78, 5) is 44.4. The Kier molecular flexibility index (Phi) is 6.12. The molecule has 1 aromatic rings. The van der Waals surface area contributed by atoms with Crippen LogP contribution in [0.5, 0.6) is 0 Å². The summed E-state index contributed by atoms with van der Waals surface area (Å²) in [5, 5.41) is 25.4. The van der Waals surface area contributed by atoms with Gasteiger partial charge in [0.05, 0.1) is 6.61 Å². The number of aliphatic carboxylic acids is 1. The van der Waals surface area contributed by atoms with E-state index in [1.807, 2.05) is 0 Å². The van der Waals surface area contributed by atoms with Crippen molar-refractivity contribution >= 4 is 50.3 Å². The number of hydrogen-bond acceptors (Lipinski definition) is 11. The fraction of sp³-hybridized carbons (Fsp3) is 0.462. The third-order valence-electron chi connectivity index (χ3n) is 3.75. The maximum Gasteiger partial charge on any atom is 0.362 e. The summed E-state index contributed by atoms with van der Waals surface area (Å²) >= 11 is 0.944. The molecule has 6 N–H and O–H groups in total. The molecule has 0 spiro atoms. The van der Waals surface area contributed by atoms with Crippen molar-refractivity contribution in [2.24, 2.45) is 5.16 Å². The quantitative estimate of drug-likeness (QED) is 0.123. The average molecular weight is 451 g/mol. The molecule has 0 aliphatic carbocycles. The SMILES string of the molecule is CC(C)(O/N=C(\C(=O)N[C@@H]1C(=O)N(S(=O)(=O)O)C1CO)c1csc(N)n1)C(=O)O. The molecule has 0 radical (unpaired) electrons. The third-order valence-corrected chi connectivity index (χ3v) is 5.37. The third kappa shape index (κ3) is 4.61. The number of nitrogens with two attached hydrogens (primary N) is 1. The van der Waals surface area contributed by atoms with Gasteiger partial charge >= 0.3 is 16.3 Å². The van der Waals surface area contributed by atoms with E-state index in [1.165, 1.54) is 19.2 Å². The lowest BCUT2D eigenvalue weighted by atomic mass is 9.99. The van der Waals surface area contributed by atoms with Crippen LogP contribution in [0, 0.1) is 0 Å². The molecule has 1 aliphatic rings. The summed E-state index contributed by atoms with van der Waals surface area (Å²) in [7, 11) is -4.93. The number of thiazole rings is 1. The van der Waals surface area contributed by atoms with Crippen LogP contribution < -0.4 is 11.1 Å². The van der Waals surface area contributed by atoms with Crippen molar-refractivity contribution in [2.75, 3.05) is 12.3 Å². The second-order valence-corrected chi connectivity index (χ2v) is 8.41. The standard InChI is InChI=1S/C13H17N5O9S2/c1-13(2,11(22)23)27-17-7(5-4-28-12(14)15-5)9(20)16-8-6(3-19)18(10(8)21)29(24,25)26/h4,6,8,19H,3H2,1-2H3,(H2,14,15)(H,16,20)(H,22,23)(H,24,25,26)/b17-7-/t6?,8-/m0/s1. The lowest BCUT2D eigenvalue weighted by Gasteiger charge is -2.43. The molecule has 14 nitrogen and oxygen atoms in total. The Labute approximate surface area is 167 Å². The summed E-state index contributed by atoms with van der Waals surface area (Å²) in [5.41, 5.74) is 3.07. The minimum Gasteiger partial charge on any atom is -0.478 e. The predicted octanol–water partition coefficient (Wildman–Crippen LogP) is -2.20. The molecule has 29 heavy (non-hydrogen) atoms. The van der Waals surface area contributed by atoms with Gasteiger partial charge < -0.3 is 26.1 Å². The largest absolute Gasteiger partial charge is 0.478 e. The number of anilines is 1. The number of carbonyl (C=O) groups is 3. The first-order chi connectivity index (χ1) is 13.3. The number of aromatic nitrogens is 1. The minimum absolute atomic E-state index is 0.0135. The molecule has 2 rings (SSSR count). The van der Waals surface area contributed by atoms with Crippen LogP contribution in [0.25, 0.3) is 0 Å². The smallest absolute Gasteiger partial charge is 0.362 e. The lowest BCUT2D eigenvalue weighted by Crippen LogP contribution is -2.73. The van der Waals surface area contributed by atoms with Gasteiger partial charge in [0.15, 0.2) is 10.8 Å². The molecule has 1 unspecified atom stereocenters. The van der Waals surface area contributed by atoms with E-state index in [2.05, 4.69) is 15.5 Å². The first-order valence-electron chi connectivity index (χ1n) is 7.73. The Morgan fingerprint density at radius 2 is 2.10 bits per heavy atom. The van der Waals surface area contributed by atoms with Gasteiger partial charge in [0.1, 0.15) is 17.8 Å². The van der Waals surface area contributed by atoms with E-state index in [9.17, 15) is 27.9 Å². The number of nitrogens with zero attached hydrogens (tertiary/aromatic N) is 3. The molecule has 2 heterocycles. The zero-order valence-electron chi connectivity index (χ0n) is 15.0. The van der Waals surface area contributed by atoms with Gasteiger partial charge in [0.2, 0.25) is 5.60 Å². The van der Waals surface area contributed by atoms with E-state index in [-0.39, 0.29) is 15.1 Å². The number of amides is 2. The fourth-order valence-corrected chi connectivity index (χ4v) is 3.57. The van der Waals surface area contributed by atoms with Crippen LogP contribution in [0.3, 0.4) is 0 Å².